The molecule has 0 aromatic heterocycles. The molecule has 0 aliphatic rings. The van der Waals surface area contributed by atoms with Crippen molar-refractivity contribution in [1.29, 1.82) is 0 Å². The maximum Gasteiger partial charge on any atom is 0.303 e. The Hall–Kier alpha value is -0.570. The van der Waals surface area contributed by atoms with Gasteiger partial charge < -0.3 is 10.2 Å². The molecule has 2 N–H and O–H groups in total. The summed E-state index contributed by atoms with van der Waals surface area (Å²) in [5.41, 5.74) is 0. The van der Waals surface area contributed by atoms with Crippen LogP contribution in [0.1, 0.15) is 315 Å². The molecule has 0 bridgehead atoms. The highest BCUT2D eigenvalue weighted by Crippen LogP contribution is 2.18. The summed E-state index contributed by atoms with van der Waals surface area (Å²) in [4.78, 5) is 10.5. The molecule has 0 saturated carbocycles. The van der Waals surface area contributed by atoms with Crippen molar-refractivity contribution in [1.82, 2.24) is 0 Å². The van der Waals surface area contributed by atoms with E-state index in [1.54, 1.807) is 0 Å². The number of unbranched alkanes of at least 4 members (excludes halogenated alkanes) is 47. The standard InChI is InChI=1S/C51H102O3/c52-50-48-46-44-42-40-38-36-34-32-30-28-26-24-22-20-18-16-14-12-10-8-6-4-2-1-3-5-7-9-11-13-15-17-19-21-23-25-27-29-31-33-35-37-39-41-43-45-47-49-51(53)54/h52H,1-50H2,(H,53,54). The van der Waals surface area contributed by atoms with Crippen LogP contribution in [0.2, 0.25) is 0 Å². The molecule has 0 aromatic carbocycles. The lowest BCUT2D eigenvalue weighted by Gasteiger charge is -2.05. The number of aliphatic carboxylic acids is 1. The number of hydrogen-bond acceptors (Lipinski definition) is 2. The lowest BCUT2D eigenvalue weighted by atomic mass is 10.0. The third kappa shape index (κ3) is 51.4. The zero-order valence-corrected chi connectivity index (χ0v) is 37.2. The quantitative estimate of drug-likeness (QED) is 0.0607. The zero-order chi connectivity index (χ0) is 38.9. The van der Waals surface area contributed by atoms with Crippen molar-refractivity contribution in [2.75, 3.05) is 6.61 Å². The van der Waals surface area contributed by atoms with Crippen LogP contribution in [0.3, 0.4) is 0 Å². The highest BCUT2D eigenvalue weighted by Gasteiger charge is 2.00. The Morgan fingerprint density at radius 3 is 0.426 bits per heavy atom. The minimum atomic E-state index is -0.647. The molecule has 0 saturated heterocycles. The van der Waals surface area contributed by atoms with Gasteiger partial charge in [-0.3, -0.25) is 4.79 Å². The first kappa shape index (κ1) is 53.4. The van der Waals surface area contributed by atoms with E-state index in [1.165, 1.54) is 289 Å². The van der Waals surface area contributed by atoms with E-state index in [1.807, 2.05) is 0 Å². The number of hydrogen-bond donors (Lipinski definition) is 2. The number of rotatable bonds is 50. The van der Waals surface area contributed by atoms with Gasteiger partial charge in [-0.15, -0.1) is 0 Å². The van der Waals surface area contributed by atoms with Crippen molar-refractivity contribution in [3.05, 3.63) is 0 Å². The van der Waals surface area contributed by atoms with E-state index < -0.39 is 5.97 Å². The van der Waals surface area contributed by atoms with Crippen molar-refractivity contribution < 1.29 is 15.0 Å². The molecule has 0 atom stereocenters. The minimum Gasteiger partial charge on any atom is -0.481 e. The number of aliphatic hydroxyl groups excluding tert-OH is 1. The van der Waals surface area contributed by atoms with Crippen LogP contribution in [-0.4, -0.2) is 22.8 Å². The van der Waals surface area contributed by atoms with Crippen molar-refractivity contribution in [3.63, 3.8) is 0 Å². The number of aliphatic hydroxyl groups is 1. The fourth-order valence-corrected chi connectivity index (χ4v) is 8.52. The summed E-state index contributed by atoms with van der Waals surface area (Å²) >= 11 is 0. The van der Waals surface area contributed by atoms with E-state index in [9.17, 15) is 4.79 Å². The van der Waals surface area contributed by atoms with Gasteiger partial charge in [-0.05, 0) is 12.8 Å². The molecule has 54 heavy (non-hydrogen) atoms. The van der Waals surface area contributed by atoms with E-state index >= 15 is 0 Å². The van der Waals surface area contributed by atoms with Crippen LogP contribution in [0.15, 0.2) is 0 Å². The van der Waals surface area contributed by atoms with Crippen molar-refractivity contribution in [3.8, 4) is 0 Å². The van der Waals surface area contributed by atoms with Gasteiger partial charge in [0.05, 0.1) is 0 Å². The number of carboxylic acid groups (broad SMARTS) is 1. The predicted octanol–water partition coefficient (Wildman–Crippen LogP) is 18.2. The molecule has 3 heteroatoms. The van der Waals surface area contributed by atoms with Gasteiger partial charge in [-0.2, -0.15) is 0 Å². The van der Waals surface area contributed by atoms with E-state index in [2.05, 4.69) is 0 Å². The minimum absolute atomic E-state index is 0.345. The van der Waals surface area contributed by atoms with Crippen LogP contribution in [0.25, 0.3) is 0 Å². The summed E-state index contributed by atoms with van der Waals surface area (Å²) in [5.74, 6) is -0.647. The van der Waals surface area contributed by atoms with Crippen molar-refractivity contribution in [2.24, 2.45) is 0 Å². The second-order valence-electron chi connectivity index (χ2n) is 17.8. The molecule has 324 valence electrons. The molecule has 0 rings (SSSR count). The van der Waals surface area contributed by atoms with Crippen LogP contribution < -0.4 is 0 Å². The molecule has 3 nitrogen and oxygen atoms in total. The van der Waals surface area contributed by atoms with E-state index in [4.69, 9.17) is 10.2 Å². The normalized spacial score (nSPS) is 11.6. The predicted molar refractivity (Wildman–Crippen MR) is 241 cm³/mol. The Morgan fingerprint density at radius 2 is 0.315 bits per heavy atom. The average molecular weight is 763 g/mol. The molecule has 0 amide bonds. The SMILES string of the molecule is O=C(O)CCCCCCCCCCCCCCCCCCCCCCCCCCCCCCCCCCCCCCCCCCCCCCCCCCO. The second-order valence-corrected chi connectivity index (χ2v) is 17.8. The molecular weight excluding hydrogens is 661 g/mol. The molecule has 0 spiro atoms. The van der Waals surface area contributed by atoms with Crippen LogP contribution in [0.4, 0.5) is 0 Å². The average Bonchev–Trinajstić information content (AvgIpc) is 3.17. The third-order valence-corrected chi connectivity index (χ3v) is 12.3. The van der Waals surface area contributed by atoms with Gasteiger partial charge in [0.2, 0.25) is 0 Å². The number of carbonyl (C=O) groups is 1. The van der Waals surface area contributed by atoms with E-state index in [0.717, 1.165) is 19.3 Å². The fraction of sp³-hybridized carbons (Fsp3) is 0.980. The maximum absolute atomic E-state index is 10.5. The molecule has 0 aromatic rings. The Balaban J connectivity index is 3.05. The van der Waals surface area contributed by atoms with Crippen LogP contribution in [0.5, 0.6) is 0 Å². The third-order valence-electron chi connectivity index (χ3n) is 12.3. The topological polar surface area (TPSA) is 57.5 Å². The summed E-state index contributed by atoms with van der Waals surface area (Å²) in [6.07, 6.45) is 68.0. The van der Waals surface area contributed by atoms with Crippen molar-refractivity contribution >= 4 is 5.97 Å². The van der Waals surface area contributed by atoms with Crippen molar-refractivity contribution in [2.45, 2.75) is 315 Å². The van der Waals surface area contributed by atoms with Crippen LogP contribution in [0, 0.1) is 0 Å². The summed E-state index contributed by atoms with van der Waals surface area (Å²) in [6.45, 7) is 0.371. The molecule has 0 fully saturated rings. The van der Waals surface area contributed by atoms with E-state index in [0.29, 0.717) is 13.0 Å². The fourth-order valence-electron chi connectivity index (χ4n) is 8.52. The number of carboxylic acids is 1. The lowest BCUT2D eigenvalue weighted by molar-refractivity contribution is -0.137. The molecule has 0 heterocycles. The van der Waals surface area contributed by atoms with Crippen LogP contribution >= 0.6 is 0 Å². The van der Waals surface area contributed by atoms with Gasteiger partial charge in [0.15, 0.2) is 0 Å². The van der Waals surface area contributed by atoms with Gasteiger partial charge >= 0.3 is 5.97 Å². The molecule has 0 aliphatic heterocycles. The summed E-state index contributed by atoms with van der Waals surface area (Å²) in [7, 11) is 0. The molecule has 0 radical (unpaired) electrons. The monoisotopic (exact) mass is 763 g/mol. The van der Waals surface area contributed by atoms with Gasteiger partial charge in [-0.25, -0.2) is 0 Å². The second kappa shape index (κ2) is 50.4. The summed E-state index contributed by atoms with van der Waals surface area (Å²) in [5, 5.41) is 17.5. The first-order valence-electron chi connectivity index (χ1n) is 25.6. The van der Waals surface area contributed by atoms with Gasteiger partial charge in [0.25, 0.3) is 0 Å². The smallest absolute Gasteiger partial charge is 0.303 e. The summed E-state index contributed by atoms with van der Waals surface area (Å²) in [6, 6.07) is 0. The Bertz CT molecular complexity index is 663. The first-order chi connectivity index (χ1) is 26.8. The molecular formula is C51H102O3. The largest absolute Gasteiger partial charge is 0.481 e. The van der Waals surface area contributed by atoms with Crippen LogP contribution in [-0.2, 0) is 4.79 Å². The Kier molecular flexibility index (Phi) is 49.9. The van der Waals surface area contributed by atoms with Gasteiger partial charge in [-0.1, -0.05) is 295 Å². The molecule has 0 unspecified atom stereocenters. The Morgan fingerprint density at radius 1 is 0.204 bits per heavy atom. The first-order valence-corrected chi connectivity index (χ1v) is 25.6. The lowest BCUT2D eigenvalue weighted by Crippen LogP contribution is -1.93. The maximum atomic E-state index is 10.5. The highest BCUT2D eigenvalue weighted by molar-refractivity contribution is 5.66. The van der Waals surface area contributed by atoms with Gasteiger partial charge in [0.1, 0.15) is 0 Å². The van der Waals surface area contributed by atoms with E-state index in [-0.39, 0.29) is 0 Å². The van der Waals surface area contributed by atoms with Gasteiger partial charge in [0, 0.05) is 13.0 Å². The zero-order valence-electron chi connectivity index (χ0n) is 37.2. The summed E-state index contributed by atoms with van der Waals surface area (Å²) < 4.78 is 0. The Labute approximate surface area is 341 Å². The highest BCUT2D eigenvalue weighted by atomic mass is 16.4. The molecule has 0 aliphatic carbocycles.